The van der Waals surface area contributed by atoms with Gasteiger partial charge in [-0.15, -0.1) is 0 Å². The van der Waals surface area contributed by atoms with E-state index in [0.29, 0.717) is 15.7 Å². The predicted molar refractivity (Wildman–Crippen MR) is 153 cm³/mol. The fourth-order valence-electron chi connectivity index (χ4n) is 4.14. The normalized spacial score (nSPS) is 11.6. The van der Waals surface area contributed by atoms with Gasteiger partial charge in [0.15, 0.2) is 0 Å². The van der Waals surface area contributed by atoms with Crippen LogP contribution in [0.15, 0.2) is 88.9 Å². The molecule has 7 nitrogen and oxygen atoms in total. The Hall–Kier alpha value is -3.59. The highest BCUT2D eigenvalue weighted by molar-refractivity contribution is 7.92. The highest BCUT2D eigenvalue weighted by atomic mass is 35.5. The third-order valence-corrected chi connectivity index (χ3v) is 8.10. The van der Waals surface area contributed by atoms with Crippen molar-refractivity contribution in [2.75, 3.05) is 10.8 Å². The van der Waals surface area contributed by atoms with Gasteiger partial charge < -0.3 is 4.57 Å². The lowest BCUT2D eigenvalue weighted by molar-refractivity contribution is -0.119. The fraction of sp³-hybridized carbons (Fsp3) is 0.143. The van der Waals surface area contributed by atoms with Crippen LogP contribution in [0.25, 0.3) is 5.69 Å². The average molecular weight is 570 g/mol. The second-order valence-electron chi connectivity index (χ2n) is 8.75. The minimum absolute atomic E-state index is 0.0892. The molecule has 0 radical (unpaired) electrons. The van der Waals surface area contributed by atoms with Crippen LogP contribution >= 0.6 is 23.2 Å². The molecular formula is C28H26Cl2N4O3S. The standard InChI is InChI=1S/C28H26Cl2N4O3S/c1-19-8-7-9-25(12-19)33(38(36,37)27-10-5-4-6-11-27)18-28(35)32-31-17-22-13-20(2)34(21(22)3)26-15-23(29)14-24(30)16-26/h4-17H,18H2,1-3H3,(H,32,35)/b31-17+. The van der Waals surface area contributed by atoms with Crippen LogP contribution in [-0.4, -0.2) is 31.7 Å². The van der Waals surface area contributed by atoms with Gasteiger partial charge >= 0.3 is 0 Å². The quantitative estimate of drug-likeness (QED) is 0.207. The number of hydrazone groups is 1. The molecule has 196 valence electrons. The SMILES string of the molecule is Cc1cccc(N(CC(=O)N/N=C/c2cc(C)n(-c3cc(Cl)cc(Cl)c3)c2C)S(=O)(=O)c2ccccc2)c1. The first kappa shape index (κ1) is 27.4. The number of aryl methyl sites for hydroxylation is 2. The van der Waals surface area contributed by atoms with Gasteiger partial charge in [-0.05, 0) is 74.9 Å². The third-order valence-electron chi connectivity index (χ3n) is 5.88. The van der Waals surface area contributed by atoms with Crippen LogP contribution in [0, 0.1) is 20.8 Å². The van der Waals surface area contributed by atoms with Gasteiger partial charge in [-0.25, -0.2) is 13.8 Å². The number of benzene rings is 3. The molecule has 4 rings (SSSR count). The van der Waals surface area contributed by atoms with Crippen LogP contribution in [0.4, 0.5) is 5.69 Å². The molecule has 3 aromatic carbocycles. The van der Waals surface area contributed by atoms with Gasteiger partial charge in [0, 0.05) is 32.7 Å². The molecule has 0 fully saturated rings. The van der Waals surface area contributed by atoms with E-state index in [1.165, 1.54) is 18.3 Å². The summed E-state index contributed by atoms with van der Waals surface area (Å²) in [5.41, 5.74) is 7.08. The number of carbonyl (C=O) groups is 1. The number of amides is 1. The summed E-state index contributed by atoms with van der Waals surface area (Å²) in [4.78, 5) is 13.0. The van der Waals surface area contributed by atoms with Gasteiger partial charge in [0.2, 0.25) is 0 Å². The largest absolute Gasteiger partial charge is 0.318 e. The minimum atomic E-state index is -3.99. The highest BCUT2D eigenvalue weighted by Gasteiger charge is 2.27. The van der Waals surface area contributed by atoms with Crippen molar-refractivity contribution in [1.29, 1.82) is 0 Å². The first-order valence-corrected chi connectivity index (χ1v) is 13.9. The van der Waals surface area contributed by atoms with Gasteiger partial charge in [-0.3, -0.25) is 9.10 Å². The Morgan fingerprint density at radius 1 is 0.947 bits per heavy atom. The summed E-state index contributed by atoms with van der Waals surface area (Å²) in [6.07, 6.45) is 1.52. The third kappa shape index (κ3) is 6.10. The maximum atomic E-state index is 13.4. The van der Waals surface area contributed by atoms with Crippen molar-refractivity contribution in [1.82, 2.24) is 9.99 Å². The Balaban J connectivity index is 1.55. The van der Waals surface area contributed by atoms with Crippen molar-refractivity contribution in [2.45, 2.75) is 25.7 Å². The molecule has 0 spiro atoms. The highest BCUT2D eigenvalue weighted by Crippen LogP contribution is 2.26. The molecular weight excluding hydrogens is 543 g/mol. The van der Waals surface area contributed by atoms with E-state index in [9.17, 15) is 13.2 Å². The van der Waals surface area contributed by atoms with Crippen LogP contribution in [-0.2, 0) is 14.8 Å². The molecule has 1 aromatic heterocycles. The molecule has 0 aliphatic heterocycles. The first-order valence-electron chi connectivity index (χ1n) is 11.7. The molecule has 10 heteroatoms. The number of hydrogen-bond acceptors (Lipinski definition) is 4. The van der Waals surface area contributed by atoms with Gasteiger partial charge in [-0.2, -0.15) is 5.10 Å². The van der Waals surface area contributed by atoms with Crippen molar-refractivity contribution in [3.05, 3.63) is 111 Å². The number of sulfonamides is 1. The number of rotatable bonds is 8. The fourth-order valence-corrected chi connectivity index (χ4v) is 6.09. The maximum absolute atomic E-state index is 13.4. The lowest BCUT2D eigenvalue weighted by Crippen LogP contribution is -2.39. The molecule has 0 aliphatic rings. The Kier molecular flexibility index (Phi) is 8.26. The average Bonchev–Trinajstić information content (AvgIpc) is 3.15. The smallest absolute Gasteiger partial charge is 0.264 e. The summed E-state index contributed by atoms with van der Waals surface area (Å²) in [7, 11) is -3.99. The van der Waals surface area contributed by atoms with Gasteiger partial charge in [0.05, 0.1) is 16.8 Å². The summed E-state index contributed by atoms with van der Waals surface area (Å²) in [6, 6.07) is 22.2. The van der Waals surface area contributed by atoms with Gasteiger partial charge in [-0.1, -0.05) is 53.5 Å². The van der Waals surface area contributed by atoms with Gasteiger partial charge in [0.25, 0.3) is 15.9 Å². The maximum Gasteiger partial charge on any atom is 0.264 e. The van der Waals surface area contributed by atoms with Crippen LogP contribution in [0.2, 0.25) is 10.0 Å². The van der Waals surface area contributed by atoms with E-state index in [2.05, 4.69) is 10.5 Å². The van der Waals surface area contributed by atoms with Crippen LogP contribution < -0.4 is 9.73 Å². The Bertz CT molecular complexity index is 1600. The molecule has 0 atom stereocenters. The monoisotopic (exact) mass is 568 g/mol. The van der Waals surface area contributed by atoms with Crippen LogP contribution in [0.1, 0.15) is 22.5 Å². The zero-order valence-corrected chi connectivity index (χ0v) is 23.3. The molecule has 1 N–H and O–H groups in total. The Labute approximate surface area is 232 Å². The Morgan fingerprint density at radius 2 is 1.63 bits per heavy atom. The van der Waals surface area contributed by atoms with Crippen molar-refractivity contribution >= 4 is 51.0 Å². The van der Waals surface area contributed by atoms with Crippen LogP contribution in [0.5, 0.6) is 0 Å². The summed E-state index contributed by atoms with van der Waals surface area (Å²) >= 11 is 12.4. The van der Waals surface area contributed by atoms with Crippen molar-refractivity contribution < 1.29 is 13.2 Å². The summed E-state index contributed by atoms with van der Waals surface area (Å²) in [6.45, 7) is 5.26. The zero-order chi connectivity index (χ0) is 27.4. The molecule has 4 aromatic rings. The summed E-state index contributed by atoms with van der Waals surface area (Å²) < 4.78 is 29.9. The molecule has 0 saturated carbocycles. The van der Waals surface area contributed by atoms with E-state index in [1.807, 2.05) is 49.6 Å². The van der Waals surface area contributed by atoms with Crippen molar-refractivity contribution in [2.24, 2.45) is 5.10 Å². The number of hydrogen-bond donors (Lipinski definition) is 1. The number of halogens is 2. The van der Waals surface area contributed by atoms with E-state index >= 15 is 0 Å². The number of nitrogens with one attached hydrogen (secondary N) is 1. The zero-order valence-electron chi connectivity index (χ0n) is 21.0. The number of nitrogens with zero attached hydrogens (tertiary/aromatic N) is 3. The summed E-state index contributed by atoms with van der Waals surface area (Å²) in [5, 5.41) is 5.13. The van der Waals surface area contributed by atoms with Crippen molar-refractivity contribution in [3.8, 4) is 5.69 Å². The topological polar surface area (TPSA) is 83.8 Å². The number of carbonyl (C=O) groups excluding carboxylic acids is 1. The van der Waals surface area contributed by atoms with E-state index in [1.54, 1.807) is 42.5 Å². The lowest BCUT2D eigenvalue weighted by atomic mass is 10.2. The molecule has 1 heterocycles. The van der Waals surface area contributed by atoms with E-state index < -0.39 is 22.5 Å². The Morgan fingerprint density at radius 3 is 2.29 bits per heavy atom. The van der Waals surface area contributed by atoms with Crippen LogP contribution in [0.3, 0.4) is 0 Å². The summed E-state index contributed by atoms with van der Waals surface area (Å²) in [5.74, 6) is -0.585. The molecule has 38 heavy (non-hydrogen) atoms. The molecule has 0 saturated heterocycles. The molecule has 0 bridgehead atoms. The van der Waals surface area contributed by atoms with Gasteiger partial charge in [0.1, 0.15) is 6.54 Å². The first-order chi connectivity index (χ1) is 18.1. The molecule has 0 unspecified atom stereocenters. The van der Waals surface area contributed by atoms with E-state index in [4.69, 9.17) is 23.2 Å². The van der Waals surface area contributed by atoms with E-state index in [-0.39, 0.29) is 4.90 Å². The number of anilines is 1. The lowest BCUT2D eigenvalue weighted by Gasteiger charge is -2.24. The minimum Gasteiger partial charge on any atom is -0.318 e. The van der Waals surface area contributed by atoms with Crippen molar-refractivity contribution in [3.63, 3.8) is 0 Å². The molecule has 0 aliphatic carbocycles. The second-order valence-corrected chi connectivity index (χ2v) is 11.5. The number of aromatic nitrogens is 1. The molecule has 1 amide bonds. The second kappa shape index (κ2) is 11.4. The predicted octanol–water partition coefficient (Wildman–Crippen LogP) is 6.05. The van der Waals surface area contributed by atoms with E-state index in [0.717, 1.165) is 32.5 Å².